The summed E-state index contributed by atoms with van der Waals surface area (Å²) in [5.74, 6) is -1.22. The van der Waals surface area contributed by atoms with Gasteiger partial charge in [0.25, 0.3) is 0 Å². The molecule has 164 valence electrons. The molecule has 1 aromatic carbocycles. The molecule has 4 aromatic rings. The van der Waals surface area contributed by atoms with Crippen LogP contribution in [-0.2, 0) is 4.74 Å². The molecule has 2 N–H and O–H groups in total. The van der Waals surface area contributed by atoms with Crippen LogP contribution in [0.3, 0.4) is 0 Å². The minimum Gasteiger partial charge on any atom is -0.386 e. The van der Waals surface area contributed by atoms with E-state index in [2.05, 4.69) is 30.6 Å². The van der Waals surface area contributed by atoms with Crippen LogP contribution in [0.2, 0.25) is 0 Å². The maximum absolute atomic E-state index is 14.8. The van der Waals surface area contributed by atoms with Crippen molar-refractivity contribution in [3.05, 3.63) is 54.8 Å². The third kappa shape index (κ3) is 3.52. The number of ether oxygens (including phenoxy) is 1. The van der Waals surface area contributed by atoms with E-state index in [1.54, 1.807) is 25.5 Å². The van der Waals surface area contributed by atoms with E-state index in [4.69, 9.17) is 4.74 Å². The van der Waals surface area contributed by atoms with Crippen molar-refractivity contribution in [1.29, 1.82) is 0 Å². The van der Waals surface area contributed by atoms with Crippen molar-refractivity contribution in [1.82, 2.24) is 24.5 Å². The largest absolute Gasteiger partial charge is 0.386 e. The highest BCUT2D eigenvalue weighted by molar-refractivity contribution is 5.91. The highest BCUT2D eigenvalue weighted by Gasteiger charge is 2.22. The fraction of sp³-hybridized carbons (Fsp3) is 0.273. The number of hydrogen-bond acceptors (Lipinski definition) is 7. The lowest BCUT2D eigenvalue weighted by Crippen LogP contribution is -2.17. The topological polar surface area (TPSA) is 89.8 Å². The Bertz CT molecular complexity index is 1270. The van der Waals surface area contributed by atoms with Crippen molar-refractivity contribution in [2.24, 2.45) is 0 Å². The van der Waals surface area contributed by atoms with E-state index in [0.29, 0.717) is 29.0 Å². The lowest BCUT2D eigenvalue weighted by atomic mass is 10.1. The lowest BCUT2D eigenvalue weighted by molar-refractivity contribution is -0.0298. The van der Waals surface area contributed by atoms with Crippen molar-refractivity contribution in [3.8, 4) is 11.3 Å². The lowest BCUT2D eigenvalue weighted by Gasteiger charge is -2.23. The second kappa shape index (κ2) is 8.46. The predicted molar refractivity (Wildman–Crippen MR) is 117 cm³/mol. The molecule has 1 fully saturated rings. The van der Waals surface area contributed by atoms with Crippen LogP contribution >= 0.6 is 0 Å². The summed E-state index contributed by atoms with van der Waals surface area (Å²) in [7, 11) is 1.57. The van der Waals surface area contributed by atoms with Crippen molar-refractivity contribution in [2.45, 2.75) is 25.5 Å². The maximum atomic E-state index is 14.8. The number of rotatable bonds is 5. The number of benzene rings is 1. The Hall–Kier alpha value is -3.66. The van der Waals surface area contributed by atoms with E-state index in [1.807, 2.05) is 4.57 Å². The monoisotopic (exact) mass is 437 g/mol. The van der Waals surface area contributed by atoms with Gasteiger partial charge in [0.05, 0.1) is 12.0 Å². The molecule has 1 aliphatic heterocycles. The van der Waals surface area contributed by atoms with E-state index in [9.17, 15) is 8.78 Å². The molecule has 1 aliphatic rings. The summed E-state index contributed by atoms with van der Waals surface area (Å²) in [6.45, 7) is 0.696. The third-order valence-electron chi connectivity index (χ3n) is 5.49. The molecule has 8 nitrogen and oxygen atoms in total. The Balaban J connectivity index is 1.58. The number of pyridine rings is 1. The molecule has 10 heteroatoms. The van der Waals surface area contributed by atoms with Gasteiger partial charge in [-0.15, -0.1) is 0 Å². The van der Waals surface area contributed by atoms with Crippen molar-refractivity contribution >= 4 is 28.4 Å². The Kier molecular flexibility index (Phi) is 5.36. The first kappa shape index (κ1) is 20.3. The number of nitrogens with zero attached hydrogens (tertiary/aromatic N) is 5. The van der Waals surface area contributed by atoms with Gasteiger partial charge in [0.1, 0.15) is 41.1 Å². The van der Waals surface area contributed by atoms with Crippen LogP contribution in [0.5, 0.6) is 0 Å². The number of fused-ring (bicyclic) bond motifs is 1. The van der Waals surface area contributed by atoms with Gasteiger partial charge in [-0.25, -0.2) is 28.7 Å². The van der Waals surface area contributed by atoms with Gasteiger partial charge in [-0.05, 0) is 43.5 Å². The maximum Gasteiger partial charge on any atom is 0.172 e. The third-order valence-corrected chi connectivity index (χ3v) is 5.49. The van der Waals surface area contributed by atoms with Gasteiger partial charge < -0.3 is 15.4 Å². The van der Waals surface area contributed by atoms with E-state index >= 15 is 0 Å². The highest BCUT2D eigenvalue weighted by Crippen LogP contribution is 2.35. The summed E-state index contributed by atoms with van der Waals surface area (Å²) >= 11 is 0. The fourth-order valence-corrected chi connectivity index (χ4v) is 3.88. The molecule has 0 saturated carbocycles. The number of aromatic nitrogens is 5. The average Bonchev–Trinajstić information content (AvgIpc) is 3.27. The van der Waals surface area contributed by atoms with Crippen molar-refractivity contribution in [2.75, 3.05) is 24.3 Å². The van der Waals surface area contributed by atoms with Gasteiger partial charge in [0.15, 0.2) is 11.5 Å². The minimum absolute atomic E-state index is 0.129. The predicted octanol–water partition coefficient (Wildman–Crippen LogP) is 4.65. The molecule has 0 bridgehead atoms. The number of halogens is 2. The van der Waals surface area contributed by atoms with Crippen molar-refractivity contribution in [3.63, 3.8) is 0 Å². The first-order valence-corrected chi connectivity index (χ1v) is 10.3. The van der Waals surface area contributed by atoms with Crippen LogP contribution in [0, 0.1) is 11.6 Å². The SMILES string of the molecule is CNc1ccc(F)c(Nc2ncccc2-c2ncnc3c2ncn3C2CCCCO2)c1F. The van der Waals surface area contributed by atoms with E-state index in [1.165, 1.54) is 24.7 Å². The van der Waals surface area contributed by atoms with Gasteiger partial charge in [0, 0.05) is 25.4 Å². The van der Waals surface area contributed by atoms with E-state index in [-0.39, 0.29) is 23.4 Å². The second-order valence-electron chi connectivity index (χ2n) is 7.43. The molecule has 4 heterocycles. The number of nitrogens with one attached hydrogen (secondary N) is 2. The van der Waals surface area contributed by atoms with Gasteiger partial charge in [0.2, 0.25) is 0 Å². The molecule has 1 atom stereocenters. The van der Waals surface area contributed by atoms with Crippen LogP contribution < -0.4 is 10.6 Å². The normalized spacial score (nSPS) is 16.3. The second-order valence-corrected chi connectivity index (χ2v) is 7.43. The van der Waals surface area contributed by atoms with Crippen LogP contribution in [0.25, 0.3) is 22.4 Å². The molecular formula is C22H21F2N7O. The zero-order chi connectivity index (χ0) is 22.1. The molecule has 5 rings (SSSR count). The van der Waals surface area contributed by atoms with Crippen LogP contribution in [0.15, 0.2) is 43.1 Å². The smallest absolute Gasteiger partial charge is 0.172 e. The Morgan fingerprint density at radius 1 is 1.09 bits per heavy atom. The Morgan fingerprint density at radius 2 is 2.00 bits per heavy atom. The van der Waals surface area contributed by atoms with Gasteiger partial charge in [-0.1, -0.05) is 0 Å². The standard InChI is InChI=1S/C22H21F2N7O/c1-25-15-8-7-14(23)19(17(15)24)30-21-13(5-4-9-26-21)18-20-22(28-11-27-18)31(12-29-20)16-6-2-3-10-32-16/h4-5,7-9,11-12,16,25H,2-3,6,10H2,1H3,(H,26,30). The average molecular weight is 437 g/mol. The molecule has 1 unspecified atom stereocenters. The molecule has 0 amide bonds. The highest BCUT2D eigenvalue weighted by atomic mass is 19.1. The quantitative estimate of drug-likeness (QED) is 0.470. The van der Waals surface area contributed by atoms with Gasteiger partial charge in [-0.3, -0.25) is 4.57 Å². The number of imidazole rings is 1. The van der Waals surface area contributed by atoms with Crippen LogP contribution in [-0.4, -0.2) is 38.2 Å². The molecule has 3 aromatic heterocycles. The molecule has 0 spiro atoms. The molecule has 32 heavy (non-hydrogen) atoms. The number of anilines is 3. The van der Waals surface area contributed by atoms with Crippen molar-refractivity contribution < 1.29 is 13.5 Å². The summed E-state index contributed by atoms with van der Waals surface area (Å²) in [6, 6.07) is 6.02. The molecule has 0 radical (unpaired) electrons. The summed E-state index contributed by atoms with van der Waals surface area (Å²) in [5.41, 5.74) is 2.10. The molecular weight excluding hydrogens is 416 g/mol. The van der Waals surface area contributed by atoms with Crippen LogP contribution in [0.4, 0.5) is 26.0 Å². The summed E-state index contributed by atoms with van der Waals surface area (Å²) < 4.78 is 37.0. The first-order valence-electron chi connectivity index (χ1n) is 10.3. The molecule has 1 saturated heterocycles. The minimum atomic E-state index is -0.740. The van der Waals surface area contributed by atoms with Crippen LogP contribution in [0.1, 0.15) is 25.5 Å². The number of hydrogen-bond donors (Lipinski definition) is 2. The zero-order valence-corrected chi connectivity index (χ0v) is 17.3. The first-order chi connectivity index (χ1) is 15.7. The Morgan fingerprint density at radius 3 is 2.81 bits per heavy atom. The van der Waals surface area contributed by atoms with E-state index in [0.717, 1.165) is 19.3 Å². The Labute approximate surface area is 182 Å². The zero-order valence-electron chi connectivity index (χ0n) is 17.3. The fourth-order valence-electron chi connectivity index (χ4n) is 3.88. The molecule has 0 aliphatic carbocycles. The van der Waals surface area contributed by atoms with Gasteiger partial charge in [-0.2, -0.15) is 0 Å². The van der Waals surface area contributed by atoms with Gasteiger partial charge >= 0.3 is 0 Å². The van der Waals surface area contributed by atoms with E-state index < -0.39 is 11.6 Å². The summed E-state index contributed by atoms with van der Waals surface area (Å²) in [6.07, 6.45) is 7.53. The summed E-state index contributed by atoms with van der Waals surface area (Å²) in [5, 5.41) is 5.50. The summed E-state index contributed by atoms with van der Waals surface area (Å²) in [4.78, 5) is 17.6.